The standard InChI is InChI=1S/C15H22N4/c1-13(2)11-18-5-7-19(8-6-18)12-14-3-4-17-15(9-14)10-16/h3-4,9,13H,5-8,11-12H2,1-2H3. The summed E-state index contributed by atoms with van der Waals surface area (Å²) in [4.78, 5) is 9.00. The van der Waals surface area contributed by atoms with Crippen LogP contribution in [0, 0.1) is 17.2 Å². The lowest BCUT2D eigenvalue weighted by atomic mass is 10.1. The lowest BCUT2D eigenvalue weighted by Crippen LogP contribution is -2.46. The van der Waals surface area contributed by atoms with Gasteiger partial charge in [-0.3, -0.25) is 4.90 Å². The maximum absolute atomic E-state index is 8.85. The fourth-order valence-corrected chi connectivity index (χ4v) is 2.54. The van der Waals surface area contributed by atoms with Crippen LogP contribution in [0.2, 0.25) is 0 Å². The molecular formula is C15H22N4. The highest BCUT2D eigenvalue weighted by Gasteiger charge is 2.17. The zero-order valence-corrected chi connectivity index (χ0v) is 11.8. The minimum atomic E-state index is 0.510. The molecule has 102 valence electrons. The number of hydrogen-bond acceptors (Lipinski definition) is 4. The second-order valence-electron chi connectivity index (χ2n) is 5.63. The van der Waals surface area contributed by atoms with Crippen LogP contribution in [0.1, 0.15) is 25.1 Å². The van der Waals surface area contributed by atoms with E-state index in [1.54, 1.807) is 6.20 Å². The van der Waals surface area contributed by atoms with E-state index in [2.05, 4.69) is 34.7 Å². The van der Waals surface area contributed by atoms with Crippen LogP contribution < -0.4 is 0 Å². The third-order valence-corrected chi connectivity index (χ3v) is 3.43. The minimum absolute atomic E-state index is 0.510. The smallest absolute Gasteiger partial charge is 0.140 e. The summed E-state index contributed by atoms with van der Waals surface area (Å²) < 4.78 is 0. The van der Waals surface area contributed by atoms with Gasteiger partial charge in [0.1, 0.15) is 11.8 Å². The maximum Gasteiger partial charge on any atom is 0.140 e. The Labute approximate surface area is 115 Å². The Kier molecular flexibility index (Phi) is 4.89. The highest BCUT2D eigenvalue weighted by molar-refractivity contribution is 5.25. The molecule has 0 unspecified atom stereocenters. The monoisotopic (exact) mass is 258 g/mol. The van der Waals surface area contributed by atoms with Crippen LogP contribution in [0.15, 0.2) is 18.3 Å². The number of aromatic nitrogens is 1. The number of hydrogen-bond donors (Lipinski definition) is 0. The minimum Gasteiger partial charge on any atom is -0.301 e. The van der Waals surface area contributed by atoms with E-state index in [-0.39, 0.29) is 0 Å². The first-order valence-electron chi connectivity index (χ1n) is 6.97. The fraction of sp³-hybridized carbons (Fsp3) is 0.600. The van der Waals surface area contributed by atoms with Crippen LogP contribution in [-0.2, 0) is 6.54 Å². The zero-order chi connectivity index (χ0) is 13.7. The van der Waals surface area contributed by atoms with Gasteiger partial charge in [-0.25, -0.2) is 4.98 Å². The molecule has 1 aliphatic heterocycles. The third-order valence-electron chi connectivity index (χ3n) is 3.43. The quantitative estimate of drug-likeness (QED) is 0.825. The van der Waals surface area contributed by atoms with Gasteiger partial charge in [0.2, 0.25) is 0 Å². The summed E-state index contributed by atoms with van der Waals surface area (Å²) in [5, 5.41) is 8.85. The highest BCUT2D eigenvalue weighted by Crippen LogP contribution is 2.10. The van der Waals surface area contributed by atoms with Crippen molar-refractivity contribution in [2.45, 2.75) is 20.4 Å². The normalized spacial score (nSPS) is 17.6. The molecular weight excluding hydrogens is 236 g/mol. The van der Waals surface area contributed by atoms with Crippen molar-refractivity contribution in [3.05, 3.63) is 29.6 Å². The number of rotatable bonds is 4. The molecule has 4 heteroatoms. The van der Waals surface area contributed by atoms with E-state index >= 15 is 0 Å². The van der Waals surface area contributed by atoms with E-state index in [4.69, 9.17) is 5.26 Å². The Bertz CT molecular complexity index is 442. The van der Waals surface area contributed by atoms with Gasteiger partial charge in [-0.2, -0.15) is 5.26 Å². The van der Waals surface area contributed by atoms with Crippen molar-refractivity contribution in [3.8, 4) is 6.07 Å². The zero-order valence-electron chi connectivity index (χ0n) is 11.8. The summed E-state index contributed by atoms with van der Waals surface area (Å²) in [6.45, 7) is 11.2. The topological polar surface area (TPSA) is 43.2 Å². The van der Waals surface area contributed by atoms with E-state index in [0.29, 0.717) is 5.69 Å². The lowest BCUT2D eigenvalue weighted by Gasteiger charge is -2.35. The summed E-state index contributed by atoms with van der Waals surface area (Å²) in [7, 11) is 0. The molecule has 0 saturated carbocycles. The predicted molar refractivity (Wildman–Crippen MR) is 75.5 cm³/mol. The van der Waals surface area contributed by atoms with Crippen LogP contribution in [0.4, 0.5) is 0 Å². The Morgan fingerprint density at radius 1 is 1.26 bits per heavy atom. The van der Waals surface area contributed by atoms with Crippen LogP contribution in [0.5, 0.6) is 0 Å². The van der Waals surface area contributed by atoms with Gasteiger partial charge in [0.25, 0.3) is 0 Å². The van der Waals surface area contributed by atoms with Gasteiger partial charge < -0.3 is 4.90 Å². The first-order valence-corrected chi connectivity index (χ1v) is 6.97. The number of nitrogens with zero attached hydrogens (tertiary/aromatic N) is 4. The Hall–Kier alpha value is -1.44. The molecule has 1 aromatic heterocycles. The lowest BCUT2D eigenvalue weighted by molar-refractivity contribution is 0.117. The SMILES string of the molecule is CC(C)CN1CCN(Cc2ccnc(C#N)c2)CC1. The molecule has 1 aromatic rings. The Balaban J connectivity index is 1.84. The van der Waals surface area contributed by atoms with E-state index in [1.165, 1.54) is 12.1 Å². The fourth-order valence-electron chi connectivity index (χ4n) is 2.54. The second kappa shape index (κ2) is 6.65. The van der Waals surface area contributed by atoms with Crippen molar-refractivity contribution >= 4 is 0 Å². The summed E-state index contributed by atoms with van der Waals surface area (Å²) >= 11 is 0. The Morgan fingerprint density at radius 2 is 1.95 bits per heavy atom. The molecule has 0 spiro atoms. The largest absolute Gasteiger partial charge is 0.301 e. The molecule has 0 radical (unpaired) electrons. The molecule has 1 aliphatic rings. The van der Waals surface area contributed by atoms with Gasteiger partial charge in [0.05, 0.1) is 0 Å². The van der Waals surface area contributed by atoms with Gasteiger partial charge >= 0.3 is 0 Å². The molecule has 0 aromatic carbocycles. The third kappa shape index (κ3) is 4.30. The number of pyridine rings is 1. The molecule has 1 fully saturated rings. The summed E-state index contributed by atoms with van der Waals surface area (Å²) in [6.07, 6.45) is 1.73. The van der Waals surface area contributed by atoms with Crippen LogP contribution >= 0.6 is 0 Å². The molecule has 0 amide bonds. The van der Waals surface area contributed by atoms with E-state index in [1.807, 2.05) is 12.1 Å². The average molecular weight is 258 g/mol. The molecule has 0 aliphatic carbocycles. The number of nitriles is 1. The number of piperazine rings is 1. The summed E-state index contributed by atoms with van der Waals surface area (Å²) in [6, 6.07) is 5.99. The molecule has 1 saturated heterocycles. The van der Waals surface area contributed by atoms with Crippen molar-refractivity contribution < 1.29 is 0 Å². The second-order valence-corrected chi connectivity index (χ2v) is 5.63. The van der Waals surface area contributed by atoms with E-state index in [0.717, 1.165) is 38.6 Å². The first-order chi connectivity index (χ1) is 9.17. The molecule has 0 bridgehead atoms. The molecule has 0 N–H and O–H groups in total. The van der Waals surface area contributed by atoms with Crippen molar-refractivity contribution in [2.24, 2.45) is 5.92 Å². The van der Waals surface area contributed by atoms with Crippen molar-refractivity contribution in [1.82, 2.24) is 14.8 Å². The highest BCUT2D eigenvalue weighted by atomic mass is 15.3. The van der Waals surface area contributed by atoms with Gasteiger partial charge in [-0.1, -0.05) is 13.8 Å². The average Bonchev–Trinajstić information content (AvgIpc) is 2.41. The first kappa shape index (κ1) is 14.0. The molecule has 0 atom stereocenters. The van der Waals surface area contributed by atoms with Crippen LogP contribution in [-0.4, -0.2) is 47.5 Å². The molecule has 2 rings (SSSR count). The van der Waals surface area contributed by atoms with Gasteiger partial charge in [0, 0.05) is 45.5 Å². The van der Waals surface area contributed by atoms with E-state index < -0.39 is 0 Å². The van der Waals surface area contributed by atoms with Gasteiger partial charge in [-0.05, 0) is 23.6 Å². The van der Waals surface area contributed by atoms with Crippen molar-refractivity contribution in [2.75, 3.05) is 32.7 Å². The summed E-state index contributed by atoms with van der Waals surface area (Å²) in [5.41, 5.74) is 1.69. The Morgan fingerprint density at radius 3 is 2.58 bits per heavy atom. The maximum atomic E-state index is 8.85. The van der Waals surface area contributed by atoms with Gasteiger partial charge in [-0.15, -0.1) is 0 Å². The summed E-state index contributed by atoms with van der Waals surface area (Å²) in [5.74, 6) is 0.741. The predicted octanol–water partition coefficient (Wildman–Crippen LogP) is 1.73. The van der Waals surface area contributed by atoms with Gasteiger partial charge in [0.15, 0.2) is 0 Å². The molecule has 4 nitrogen and oxygen atoms in total. The van der Waals surface area contributed by atoms with Crippen LogP contribution in [0.25, 0.3) is 0 Å². The van der Waals surface area contributed by atoms with E-state index in [9.17, 15) is 0 Å². The van der Waals surface area contributed by atoms with Crippen molar-refractivity contribution in [3.63, 3.8) is 0 Å². The van der Waals surface area contributed by atoms with Crippen LogP contribution in [0.3, 0.4) is 0 Å². The molecule has 2 heterocycles. The van der Waals surface area contributed by atoms with Crippen molar-refractivity contribution in [1.29, 1.82) is 5.26 Å². The molecule has 19 heavy (non-hydrogen) atoms.